The van der Waals surface area contributed by atoms with Crippen LogP contribution in [0.3, 0.4) is 0 Å². The third-order valence-corrected chi connectivity index (χ3v) is 7.33. The van der Waals surface area contributed by atoms with Crippen LogP contribution >= 0.6 is 0 Å². The fraction of sp³-hybridized carbons (Fsp3) is 0.368. The van der Waals surface area contributed by atoms with Gasteiger partial charge in [0.05, 0.1) is 4.90 Å². The van der Waals surface area contributed by atoms with Crippen molar-refractivity contribution >= 4 is 15.7 Å². The molecule has 0 unspecified atom stereocenters. The van der Waals surface area contributed by atoms with Gasteiger partial charge >= 0.3 is 0 Å². The van der Waals surface area contributed by atoms with Crippen LogP contribution in [0.25, 0.3) is 0 Å². The van der Waals surface area contributed by atoms with Crippen LogP contribution in [-0.4, -0.2) is 45.2 Å². The molecule has 0 saturated carbocycles. The molecule has 3 heterocycles. The molecule has 1 fully saturated rings. The maximum absolute atomic E-state index is 13.1. The molecule has 1 saturated heterocycles. The quantitative estimate of drug-likeness (QED) is 0.827. The molecule has 1 atom stereocenters. The Morgan fingerprint density at radius 3 is 2.77 bits per heavy atom. The Morgan fingerprint density at radius 1 is 1.00 bits per heavy atom. The van der Waals surface area contributed by atoms with Gasteiger partial charge in [0, 0.05) is 37.4 Å². The molecule has 3 aliphatic heterocycles. The second-order valence-corrected chi connectivity index (χ2v) is 8.83. The maximum Gasteiger partial charge on any atom is 0.243 e. The third-order valence-electron chi connectivity index (χ3n) is 5.47. The van der Waals surface area contributed by atoms with E-state index >= 15 is 0 Å². The summed E-state index contributed by atoms with van der Waals surface area (Å²) in [6, 6.07) is 13.5. The number of nitrogens with zero attached hydrogens (tertiary/aromatic N) is 2. The molecule has 0 radical (unpaired) electrons. The van der Waals surface area contributed by atoms with Gasteiger partial charge < -0.3 is 14.4 Å². The van der Waals surface area contributed by atoms with Crippen molar-refractivity contribution in [3.63, 3.8) is 0 Å². The van der Waals surface area contributed by atoms with Crippen molar-refractivity contribution in [2.45, 2.75) is 23.8 Å². The minimum atomic E-state index is -3.53. The molecule has 0 aliphatic carbocycles. The fourth-order valence-electron chi connectivity index (χ4n) is 4.11. The minimum absolute atomic E-state index is 0.138. The summed E-state index contributed by atoms with van der Waals surface area (Å²) < 4.78 is 38.3. The van der Waals surface area contributed by atoms with Gasteiger partial charge in [-0.05, 0) is 36.6 Å². The van der Waals surface area contributed by atoms with Gasteiger partial charge in [-0.1, -0.05) is 18.2 Å². The van der Waals surface area contributed by atoms with E-state index in [-0.39, 0.29) is 17.7 Å². The molecule has 0 spiro atoms. The van der Waals surface area contributed by atoms with E-state index in [1.807, 2.05) is 6.07 Å². The van der Waals surface area contributed by atoms with Crippen LogP contribution in [0.1, 0.15) is 12.0 Å². The molecule has 2 aromatic carbocycles. The molecule has 0 bridgehead atoms. The van der Waals surface area contributed by atoms with Crippen molar-refractivity contribution in [3.05, 3.63) is 48.0 Å². The molecule has 0 N–H and O–H groups in total. The number of anilines is 1. The van der Waals surface area contributed by atoms with Crippen molar-refractivity contribution < 1.29 is 17.9 Å². The van der Waals surface area contributed by atoms with Gasteiger partial charge in [-0.15, -0.1) is 0 Å². The normalized spacial score (nSPS) is 22.0. The maximum atomic E-state index is 13.1. The van der Waals surface area contributed by atoms with Crippen molar-refractivity contribution in [2.75, 3.05) is 31.3 Å². The highest BCUT2D eigenvalue weighted by molar-refractivity contribution is 7.89. The number of rotatable bonds is 3. The molecule has 6 nitrogen and oxygen atoms in total. The smallest absolute Gasteiger partial charge is 0.243 e. The summed E-state index contributed by atoms with van der Waals surface area (Å²) in [7, 11) is -3.53. The Labute approximate surface area is 153 Å². The lowest BCUT2D eigenvalue weighted by Crippen LogP contribution is -2.38. The van der Waals surface area contributed by atoms with Crippen LogP contribution in [0.4, 0.5) is 5.69 Å². The zero-order valence-corrected chi connectivity index (χ0v) is 15.1. The van der Waals surface area contributed by atoms with Crippen LogP contribution in [0, 0.1) is 0 Å². The Bertz CT molecular complexity index is 960. The standard InChI is InChI=1S/C19H20N2O4S/c22-26(23,16-5-6-18-19(11-16)25-13-24-18)20-9-8-15(12-20)21-10-7-14-3-1-2-4-17(14)21/h1-6,11,15H,7-10,12-13H2/t15-/m1/s1. The van der Waals surface area contributed by atoms with Crippen LogP contribution in [0.5, 0.6) is 11.5 Å². The van der Waals surface area contributed by atoms with E-state index in [4.69, 9.17) is 9.47 Å². The summed E-state index contributed by atoms with van der Waals surface area (Å²) >= 11 is 0. The number of ether oxygens (including phenoxy) is 2. The molecular formula is C19H20N2O4S. The van der Waals surface area contributed by atoms with Gasteiger partial charge in [0.15, 0.2) is 11.5 Å². The number of para-hydroxylation sites is 1. The predicted octanol–water partition coefficient (Wildman–Crippen LogP) is 2.24. The molecule has 26 heavy (non-hydrogen) atoms. The van der Waals surface area contributed by atoms with Crippen LogP contribution in [0.15, 0.2) is 47.4 Å². The van der Waals surface area contributed by atoms with Crippen molar-refractivity contribution in [3.8, 4) is 11.5 Å². The summed E-state index contributed by atoms with van der Waals surface area (Å²) in [4.78, 5) is 2.63. The largest absolute Gasteiger partial charge is 0.454 e. The van der Waals surface area contributed by atoms with E-state index in [0.717, 1.165) is 19.4 Å². The average Bonchev–Trinajstić information content (AvgIpc) is 3.38. The summed E-state index contributed by atoms with van der Waals surface area (Å²) in [6.45, 7) is 2.16. The molecule has 3 aliphatic rings. The predicted molar refractivity (Wildman–Crippen MR) is 97.2 cm³/mol. The number of sulfonamides is 1. The fourth-order valence-corrected chi connectivity index (χ4v) is 5.62. The highest BCUT2D eigenvalue weighted by Crippen LogP contribution is 2.36. The summed E-state index contributed by atoms with van der Waals surface area (Å²) in [5.74, 6) is 1.09. The Balaban J connectivity index is 1.37. The van der Waals surface area contributed by atoms with Gasteiger partial charge in [0.1, 0.15) is 0 Å². The highest BCUT2D eigenvalue weighted by Gasteiger charge is 2.37. The minimum Gasteiger partial charge on any atom is -0.454 e. The van der Waals surface area contributed by atoms with Crippen LogP contribution in [-0.2, 0) is 16.4 Å². The first kappa shape index (κ1) is 16.0. The number of hydrogen-bond acceptors (Lipinski definition) is 5. The molecule has 136 valence electrons. The topological polar surface area (TPSA) is 59.1 Å². The van der Waals surface area contributed by atoms with E-state index in [9.17, 15) is 8.42 Å². The van der Waals surface area contributed by atoms with Crippen LogP contribution in [0.2, 0.25) is 0 Å². The number of fused-ring (bicyclic) bond motifs is 2. The molecule has 0 amide bonds. The molecule has 5 rings (SSSR count). The molecule has 0 aromatic heterocycles. The van der Waals surface area contributed by atoms with E-state index in [0.29, 0.717) is 24.6 Å². The van der Waals surface area contributed by atoms with Gasteiger partial charge in [-0.25, -0.2) is 8.42 Å². The average molecular weight is 372 g/mol. The SMILES string of the molecule is O=S(=O)(c1ccc2c(c1)OCO2)N1CC[C@@H](N2CCc3ccccc32)C1. The lowest BCUT2D eigenvalue weighted by Gasteiger charge is -2.27. The van der Waals surface area contributed by atoms with E-state index in [1.165, 1.54) is 11.3 Å². The lowest BCUT2D eigenvalue weighted by atomic mass is 10.1. The van der Waals surface area contributed by atoms with Gasteiger partial charge in [-0.3, -0.25) is 0 Å². The lowest BCUT2D eigenvalue weighted by molar-refractivity contribution is 0.174. The Hall–Kier alpha value is -2.25. The summed E-state index contributed by atoms with van der Waals surface area (Å²) in [5, 5.41) is 0. The summed E-state index contributed by atoms with van der Waals surface area (Å²) in [6.07, 6.45) is 1.87. The number of benzene rings is 2. The van der Waals surface area contributed by atoms with Crippen LogP contribution < -0.4 is 14.4 Å². The molecule has 7 heteroatoms. The van der Waals surface area contributed by atoms with Gasteiger partial charge in [0.25, 0.3) is 0 Å². The van der Waals surface area contributed by atoms with Gasteiger partial charge in [-0.2, -0.15) is 4.31 Å². The van der Waals surface area contributed by atoms with E-state index < -0.39 is 10.0 Å². The van der Waals surface area contributed by atoms with Crippen molar-refractivity contribution in [2.24, 2.45) is 0 Å². The van der Waals surface area contributed by atoms with Gasteiger partial charge in [0.2, 0.25) is 16.8 Å². The first-order chi connectivity index (χ1) is 12.6. The third kappa shape index (κ3) is 2.46. The Kier molecular flexibility index (Phi) is 3.62. The van der Waals surface area contributed by atoms with Crippen molar-refractivity contribution in [1.82, 2.24) is 4.31 Å². The second-order valence-electron chi connectivity index (χ2n) is 6.89. The monoisotopic (exact) mass is 372 g/mol. The molecule has 2 aromatic rings. The van der Waals surface area contributed by atoms with Crippen molar-refractivity contribution in [1.29, 1.82) is 0 Å². The zero-order chi connectivity index (χ0) is 17.7. The zero-order valence-electron chi connectivity index (χ0n) is 14.3. The first-order valence-corrected chi connectivity index (χ1v) is 10.3. The summed E-state index contributed by atoms with van der Waals surface area (Å²) in [5.41, 5.74) is 2.60. The molecular weight excluding hydrogens is 352 g/mol. The van der Waals surface area contributed by atoms with E-state index in [2.05, 4.69) is 23.1 Å². The number of hydrogen-bond donors (Lipinski definition) is 0. The van der Waals surface area contributed by atoms with E-state index in [1.54, 1.807) is 22.5 Å². The first-order valence-electron chi connectivity index (χ1n) is 8.87. The highest BCUT2D eigenvalue weighted by atomic mass is 32.2. The second kappa shape index (κ2) is 5.89. The Morgan fingerprint density at radius 2 is 1.85 bits per heavy atom.